The molecule has 0 bridgehead atoms. The van der Waals surface area contributed by atoms with Crippen molar-refractivity contribution < 1.29 is 33.6 Å². The molecule has 18 nitrogen and oxygen atoms in total. The molecule has 4 aromatic rings. The van der Waals surface area contributed by atoms with Gasteiger partial charge < -0.3 is 54.1 Å². The van der Waals surface area contributed by atoms with Gasteiger partial charge in [-0.2, -0.15) is 0 Å². The number of amides is 7. The number of fused-ring (bicyclic) bond motifs is 1. The van der Waals surface area contributed by atoms with Gasteiger partial charge in [0.05, 0.1) is 0 Å². The Morgan fingerprint density at radius 2 is 1.30 bits per heavy atom. The zero-order chi connectivity index (χ0) is 47.8. The lowest BCUT2D eigenvalue weighted by molar-refractivity contribution is -0.138. The van der Waals surface area contributed by atoms with E-state index in [9.17, 15) is 33.6 Å². The van der Waals surface area contributed by atoms with Gasteiger partial charge in [-0.25, -0.2) is 0 Å². The average molecular weight is 918 g/mol. The van der Waals surface area contributed by atoms with Crippen LogP contribution in [-0.2, 0) is 46.4 Å². The van der Waals surface area contributed by atoms with E-state index in [1.165, 1.54) is 0 Å². The summed E-state index contributed by atoms with van der Waals surface area (Å²) in [4.78, 5) is 105. The molecule has 1 aliphatic carbocycles. The second-order valence-electron chi connectivity index (χ2n) is 17.5. The second kappa shape index (κ2) is 23.8. The Kier molecular flexibility index (Phi) is 17.5. The Morgan fingerprint density at radius 3 is 2.01 bits per heavy atom. The van der Waals surface area contributed by atoms with Crippen LogP contribution in [0.3, 0.4) is 0 Å². The zero-order valence-electron chi connectivity index (χ0n) is 37.7. The normalized spacial score (nSPS) is 24.3. The Bertz CT molecular complexity index is 2380. The molecule has 18 heteroatoms. The molecular formula is C49H63N11O7. The van der Waals surface area contributed by atoms with Crippen LogP contribution in [-0.4, -0.2) is 95.1 Å². The fraction of sp³-hybridized carbons (Fsp3) is 0.429. The molecule has 1 saturated carbocycles. The summed E-state index contributed by atoms with van der Waals surface area (Å²) < 4.78 is 0. The number of H-pyrrole nitrogens is 1. The minimum Gasteiger partial charge on any atom is -0.370 e. The first-order valence-electron chi connectivity index (χ1n) is 23.1. The minimum atomic E-state index is -1.42. The van der Waals surface area contributed by atoms with Gasteiger partial charge in [0.2, 0.25) is 41.4 Å². The van der Waals surface area contributed by atoms with Crippen molar-refractivity contribution >= 4 is 58.2 Å². The van der Waals surface area contributed by atoms with Crippen LogP contribution in [0.1, 0.15) is 93.2 Å². The zero-order valence-corrected chi connectivity index (χ0v) is 37.7. The summed E-state index contributed by atoms with van der Waals surface area (Å²) in [5.41, 5.74) is 18.9. The largest absolute Gasteiger partial charge is 0.370 e. The molecule has 2 fully saturated rings. The molecule has 356 valence electrons. The number of hydrogen-bond donors (Lipinski definition) is 10. The number of aliphatic imine (C=N–C) groups is 1. The van der Waals surface area contributed by atoms with E-state index in [1.807, 2.05) is 72.8 Å². The fourth-order valence-electron chi connectivity index (χ4n) is 8.88. The number of nitrogens with two attached hydrogens (primary N) is 3. The molecule has 3 aromatic carbocycles. The van der Waals surface area contributed by atoms with E-state index in [1.54, 1.807) is 18.3 Å². The van der Waals surface area contributed by atoms with Gasteiger partial charge in [0.1, 0.15) is 29.7 Å². The van der Waals surface area contributed by atoms with E-state index in [-0.39, 0.29) is 88.7 Å². The maximum absolute atomic E-state index is 14.8. The third-order valence-electron chi connectivity index (χ3n) is 12.6. The van der Waals surface area contributed by atoms with Crippen LogP contribution >= 0.6 is 0 Å². The first-order valence-corrected chi connectivity index (χ1v) is 23.1. The first-order chi connectivity index (χ1) is 32.3. The summed E-state index contributed by atoms with van der Waals surface area (Å²) in [6.07, 6.45) is 4.33. The molecule has 1 aromatic heterocycles. The van der Waals surface area contributed by atoms with Gasteiger partial charge in [-0.15, -0.1) is 0 Å². The fourth-order valence-corrected chi connectivity index (χ4v) is 8.88. The molecule has 1 aliphatic heterocycles. The van der Waals surface area contributed by atoms with Crippen LogP contribution < -0.4 is 49.1 Å². The van der Waals surface area contributed by atoms with E-state index in [0.717, 1.165) is 16.5 Å². The summed E-state index contributed by atoms with van der Waals surface area (Å²) >= 11 is 0. The lowest BCUT2D eigenvalue weighted by Gasteiger charge is -2.40. The maximum Gasteiger partial charge on any atom is 0.246 e. The van der Waals surface area contributed by atoms with E-state index < -0.39 is 65.1 Å². The number of aromatic nitrogens is 1. The number of carbonyl (C=O) groups excluding carboxylic acids is 7. The Balaban J connectivity index is 1.34. The topological polar surface area (TPSA) is 298 Å². The smallest absolute Gasteiger partial charge is 0.246 e. The quantitative estimate of drug-likeness (QED) is 0.0629. The number of carbonyl (C=O) groups is 7. The number of nitrogens with zero attached hydrogens (tertiary/aromatic N) is 1. The van der Waals surface area contributed by atoms with Gasteiger partial charge in [-0.3, -0.25) is 38.6 Å². The molecule has 1 spiro atoms. The number of primary amides is 1. The Labute approximate surface area is 389 Å². The first kappa shape index (κ1) is 49.2. The van der Waals surface area contributed by atoms with E-state index in [0.29, 0.717) is 36.8 Å². The van der Waals surface area contributed by atoms with Crippen LogP contribution in [0.5, 0.6) is 0 Å². The maximum atomic E-state index is 14.8. The summed E-state index contributed by atoms with van der Waals surface area (Å²) in [6.45, 7) is 0.361. The molecular weight excluding hydrogens is 855 g/mol. The number of hydrogen-bond acceptors (Lipinski definition) is 8. The van der Waals surface area contributed by atoms with Crippen LogP contribution in [0.4, 0.5) is 0 Å². The highest BCUT2D eigenvalue weighted by Gasteiger charge is 2.45. The summed E-state index contributed by atoms with van der Waals surface area (Å²) in [6, 6.07) is 21.6. The van der Waals surface area contributed by atoms with Gasteiger partial charge in [-0.1, -0.05) is 78.9 Å². The van der Waals surface area contributed by atoms with Crippen molar-refractivity contribution in [3.05, 3.63) is 108 Å². The highest BCUT2D eigenvalue weighted by molar-refractivity contribution is 5.98. The molecule has 13 N–H and O–H groups in total. The Hall–Kier alpha value is -7.24. The predicted molar refractivity (Wildman–Crippen MR) is 254 cm³/mol. The third kappa shape index (κ3) is 14.1. The summed E-state index contributed by atoms with van der Waals surface area (Å²) in [7, 11) is 0. The van der Waals surface area contributed by atoms with Crippen LogP contribution in [0.2, 0.25) is 0 Å². The lowest BCUT2D eigenvalue weighted by atomic mass is 9.73. The monoisotopic (exact) mass is 917 g/mol. The molecule has 7 amide bonds. The van der Waals surface area contributed by atoms with Crippen molar-refractivity contribution in [2.75, 3.05) is 13.1 Å². The van der Waals surface area contributed by atoms with E-state index in [2.05, 4.69) is 41.9 Å². The van der Waals surface area contributed by atoms with Crippen molar-refractivity contribution in [3.8, 4) is 0 Å². The summed E-state index contributed by atoms with van der Waals surface area (Å²) in [5.74, 6) is -4.34. The average Bonchev–Trinajstić information content (AvgIpc) is 3.73. The van der Waals surface area contributed by atoms with Gasteiger partial charge in [-0.05, 0) is 86.5 Å². The van der Waals surface area contributed by atoms with Gasteiger partial charge >= 0.3 is 0 Å². The summed E-state index contributed by atoms with van der Waals surface area (Å²) in [5, 5.41) is 18.0. The number of aromatic amines is 1. The van der Waals surface area contributed by atoms with Crippen LogP contribution in [0.15, 0.2) is 96.1 Å². The number of guanidine groups is 1. The number of rotatable bonds is 10. The van der Waals surface area contributed by atoms with E-state index in [4.69, 9.17) is 17.2 Å². The molecule has 1 saturated heterocycles. The van der Waals surface area contributed by atoms with Crippen LogP contribution in [0.25, 0.3) is 10.9 Å². The highest BCUT2D eigenvalue weighted by Crippen LogP contribution is 2.38. The minimum absolute atomic E-state index is 0.000606. The van der Waals surface area contributed by atoms with Gasteiger partial charge in [0.25, 0.3) is 0 Å². The lowest BCUT2D eigenvalue weighted by Crippen LogP contribution is -2.64. The van der Waals surface area contributed by atoms with Gasteiger partial charge in [0.15, 0.2) is 5.96 Å². The molecule has 4 atom stereocenters. The number of benzene rings is 3. The standard InChI is InChI=1S/C49H63N11O7/c50-43(63)37-18-9-10-26-53-41(61)20-21-42(62)60-49(24-22-33(23-25-49)32-14-5-2-6-15-32)47(67)59-39(28-31-12-3-1-4-13-31)45(65)57-38(19-11-27-54-48(51)52)44(64)58-40(46(66)56-37)29-34-30-55-36-17-8-7-16-35(34)36/h1-8,12-17,30,33,37-40,55H,9-11,18-29H2,(H2,50,63)(H,53,61)(H,56,66)(H,57,65)(H,58,64)(H,59,67)(H,60,62)(H4,51,52,54)/t33?,37-,38-,39+,40-,49?/m0/s1. The van der Waals surface area contributed by atoms with Crippen molar-refractivity contribution in [3.63, 3.8) is 0 Å². The molecule has 6 rings (SSSR count). The molecule has 0 unspecified atom stereocenters. The van der Waals surface area contributed by atoms with Crippen molar-refractivity contribution in [1.29, 1.82) is 0 Å². The SMILES string of the molecule is NC(=O)[C@@H]1CCCCNC(=O)CCC(=O)NC2(CCC(c3ccccc3)CC2)C(=O)N[C@H](Cc2ccccc2)C(=O)N[C@@H](CCCN=C(N)N)C(=O)N[C@@H](Cc2c[nH]c3ccccc23)C(=O)N1. The highest BCUT2D eigenvalue weighted by atomic mass is 16.2. The molecule has 0 radical (unpaired) electrons. The number of para-hydroxylation sites is 1. The second-order valence-corrected chi connectivity index (χ2v) is 17.5. The van der Waals surface area contributed by atoms with Crippen molar-refractivity contribution in [2.45, 2.75) is 119 Å². The molecule has 67 heavy (non-hydrogen) atoms. The molecule has 2 aliphatic rings. The third-order valence-corrected chi connectivity index (χ3v) is 12.6. The van der Waals surface area contributed by atoms with Crippen molar-refractivity contribution in [1.82, 2.24) is 36.9 Å². The Morgan fingerprint density at radius 1 is 0.672 bits per heavy atom. The predicted octanol–water partition coefficient (Wildman–Crippen LogP) is 1.72. The van der Waals surface area contributed by atoms with E-state index >= 15 is 0 Å². The van der Waals surface area contributed by atoms with Crippen LogP contribution in [0, 0.1) is 0 Å². The van der Waals surface area contributed by atoms with Crippen molar-refractivity contribution in [2.24, 2.45) is 22.2 Å². The number of nitrogens with one attached hydrogen (secondary N) is 7. The van der Waals surface area contributed by atoms with Gasteiger partial charge in [0, 0.05) is 55.9 Å². The molecule has 2 heterocycles.